The van der Waals surface area contributed by atoms with E-state index in [1.807, 2.05) is 6.07 Å². The van der Waals surface area contributed by atoms with E-state index in [1.54, 1.807) is 7.11 Å². The Bertz CT molecular complexity index is 464. The van der Waals surface area contributed by atoms with Crippen molar-refractivity contribution in [3.8, 4) is 5.75 Å². The van der Waals surface area contributed by atoms with Crippen LogP contribution in [0.4, 0.5) is 0 Å². The highest BCUT2D eigenvalue weighted by Crippen LogP contribution is 2.25. The van der Waals surface area contributed by atoms with Crippen LogP contribution < -0.4 is 10.1 Å². The van der Waals surface area contributed by atoms with Gasteiger partial charge < -0.3 is 10.1 Å². The van der Waals surface area contributed by atoms with Crippen molar-refractivity contribution in [1.82, 2.24) is 10.2 Å². The minimum absolute atomic E-state index is 0.569. The highest BCUT2D eigenvalue weighted by Gasteiger charge is 2.25. The molecule has 0 bridgehead atoms. The minimum Gasteiger partial charge on any atom is -0.497 e. The summed E-state index contributed by atoms with van der Waals surface area (Å²) in [4.78, 5) is 2.59. The number of hydrogen-bond donors (Lipinski definition) is 1. The maximum Gasteiger partial charge on any atom is 0.119 e. The number of halogens is 1. The lowest BCUT2D eigenvalue weighted by molar-refractivity contribution is 0.183. The number of ether oxygens (including phenoxy) is 1. The Hall–Kier alpha value is -0.580. The van der Waals surface area contributed by atoms with Gasteiger partial charge in [0, 0.05) is 29.6 Å². The third kappa shape index (κ3) is 4.44. The summed E-state index contributed by atoms with van der Waals surface area (Å²) in [6, 6.07) is 7.38. The lowest BCUT2D eigenvalue weighted by Crippen LogP contribution is -2.42. The van der Waals surface area contributed by atoms with E-state index in [2.05, 4.69) is 59.1 Å². The van der Waals surface area contributed by atoms with Crippen molar-refractivity contribution in [2.75, 3.05) is 20.2 Å². The molecule has 2 atom stereocenters. The molecule has 1 aliphatic rings. The minimum atomic E-state index is 0.569. The molecule has 3 nitrogen and oxygen atoms in total. The standard InChI is InChI=1S/C17H27BrN2O/c1-12(2)17-11-20(13(3)7-8-19-17)10-14-9-15(21-4)5-6-16(14)18/h5-6,9,12-13,17,19H,7-8,10-11H2,1-4H3. The number of hydrogen-bond acceptors (Lipinski definition) is 3. The Kier molecular flexibility index (Phi) is 6.08. The quantitative estimate of drug-likeness (QED) is 0.892. The van der Waals surface area contributed by atoms with Crippen molar-refractivity contribution in [2.24, 2.45) is 5.92 Å². The second-order valence-electron chi connectivity index (χ2n) is 6.33. The van der Waals surface area contributed by atoms with E-state index in [9.17, 15) is 0 Å². The SMILES string of the molecule is COc1ccc(Br)c(CN2CC(C(C)C)NCCC2C)c1. The Balaban J connectivity index is 2.15. The zero-order chi connectivity index (χ0) is 15.4. The van der Waals surface area contributed by atoms with Crippen molar-refractivity contribution in [1.29, 1.82) is 0 Å². The lowest BCUT2D eigenvalue weighted by atomic mass is 10.0. The van der Waals surface area contributed by atoms with Gasteiger partial charge in [-0.05, 0) is 49.6 Å². The van der Waals surface area contributed by atoms with Gasteiger partial charge in [-0.15, -0.1) is 0 Å². The molecule has 1 aromatic carbocycles. The van der Waals surface area contributed by atoms with E-state index < -0.39 is 0 Å². The number of benzene rings is 1. The van der Waals surface area contributed by atoms with E-state index in [0.717, 1.165) is 29.9 Å². The van der Waals surface area contributed by atoms with Gasteiger partial charge >= 0.3 is 0 Å². The largest absolute Gasteiger partial charge is 0.497 e. The molecule has 0 saturated carbocycles. The molecule has 0 aliphatic carbocycles. The van der Waals surface area contributed by atoms with Gasteiger partial charge in [0.05, 0.1) is 7.11 Å². The van der Waals surface area contributed by atoms with Crippen LogP contribution in [0.15, 0.2) is 22.7 Å². The Labute approximate surface area is 137 Å². The van der Waals surface area contributed by atoms with E-state index in [1.165, 1.54) is 12.0 Å². The van der Waals surface area contributed by atoms with Crippen LogP contribution >= 0.6 is 15.9 Å². The topological polar surface area (TPSA) is 24.5 Å². The maximum atomic E-state index is 5.36. The normalized spacial score (nSPS) is 24.1. The summed E-state index contributed by atoms with van der Waals surface area (Å²) in [5, 5.41) is 3.69. The predicted octanol–water partition coefficient (Wildman–Crippen LogP) is 3.67. The summed E-state index contributed by atoms with van der Waals surface area (Å²) < 4.78 is 6.52. The molecule has 2 unspecified atom stereocenters. The second kappa shape index (κ2) is 7.61. The summed E-state index contributed by atoms with van der Waals surface area (Å²) in [7, 11) is 1.72. The summed E-state index contributed by atoms with van der Waals surface area (Å²) in [5.74, 6) is 1.58. The molecule has 1 fully saturated rings. The smallest absolute Gasteiger partial charge is 0.119 e. The van der Waals surface area contributed by atoms with Gasteiger partial charge in [-0.2, -0.15) is 0 Å². The average molecular weight is 355 g/mol. The third-order valence-corrected chi connectivity index (χ3v) is 5.23. The molecular formula is C17H27BrN2O. The molecule has 21 heavy (non-hydrogen) atoms. The highest BCUT2D eigenvalue weighted by molar-refractivity contribution is 9.10. The first-order valence-corrected chi connectivity index (χ1v) is 8.60. The predicted molar refractivity (Wildman–Crippen MR) is 91.8 cm³/mol. The van der Waals surface area contributed by atoms with Crippen LogP contribution in [0.1, 0.15) is 32.8 Å². The molecule has 1 heterocycles. The first-order chi connectivity index (χ1) is 10.0. The van der Waals surface area contributed by atoms with Crippen LogP contribution in [-0.2, 0) is 6.54 Å². The van der Waals surface area contributed by atoms with Gasteiger partial charge in [-0.3, -0.25) is 4.90 Å². The Morgan fingerprint density at radius 3 is 2.86 bits per heavy atom. The molecule has 0 aromatic heterocycles. The highest BCUT2D eigenvalue weighted by atomic mass is 79.9. The summed E-state index contributed by atoms with van der Waals surface area (Å²) in [5.41, 5.74) is 1.30. The van der Waals surface area contributed by atoms with Crippen molar-refractivity contribution < 1.29 is 4.74 Å². The van der Waals surface area contributed by atoms with Gasteiger partial charge in [-0.1, -0.05) is 29.8 Å². The van der Waals surface area contributed by atoms with Gasteiger partial charge in [0.15, 0.2) is 0 Å². The lowest BCUT2D eigenvalue weighted by Gasteiger charge is -2.31. The zero-order valence-corrected chi connectivity index (χ0v) is 15.1. The molecule has 0 amide bonds. The van der Waals surface area contributed by atoms with Gasteiger partial charge in [0.2, 0.25) is 0 Å². The molecular weight excluding hydrogens is 328 g/mol. The molecule has 1 aromatic rings. The summed E-state index contributed by atoms with van der Waals surface area (Å²) >= 11 is 3.67. The number of nitrogens with one attached hydrogen (secondary N) is 1. The van der Waals surface area contributed by atoms with E-state index >= 15 is 0 Å². The monoisotopic (exact) mass is 354 g/mol. The van der Waals surface area contributed by atoms with E-state index in [4.69, 9.17) is 4.74 Å². The van der Waals surface area contributed by atoms with Gasteiger partial charge in [-0.25, -0.2) is 0 Å². The molecule has 118 valence electrons. The van der Waals surface area contributed by atoms with Crippen molar-refractivity contribution in [3.05, 3.63) is 28.2 Å². The third-order valence-electron chi connectivity index (χ3n) is 4.45. The fourth-order valence-corrected chi connectivity index (χ4v) is 3.21. The van der Waals surface area contributed by atoms with Gasteiger partial charge in [0.25, 0.3) is 0 Å². The second-order valence-corrected chi connectivity index (χ2v) is 7.18. The van der Waals surface area contributed by atoms with Crippen LogP contribution in [0.25, 0.3) is 0 Å². The van der Waals surface area contributed by atoms with E-state index in [-0.39, 0.29) is 0 Å². The van der Waals surface area contributed by atoms with Crippen LogP contribution in [0.5, 0.6) is 5.75 Å². The average Bonchev–Trinajstić information content (AvgIpc) is 2.64. The molecule has 2 rings (SSSR count). The van der Waals surface area contributed by atoms with Crippen LogP contribution in [0.2, 0.25) is 0 Å². The van der Waals surface area contributed by atoms with Crippen LogP contribution in [0.3, 0.4) is 0 Å². The zero-order valence-electron chi connectivity index (χ0n) is 13.5. The summed E-state index contributed by atoms with van der Waals surface area (Å²) in [6.45, 7) is 10.1. The molecule has 1 N–H and O–H groups in total. The van der Waals surface area contributed by atoms with Crippen molar-refractivity contribution in [2.45, 2.75) is 45.8 Å². The fraction of sp³-hybridized carbons (Fsp3) is 0.647. The van der Waals surface area contributed by atoms with E-state index in [0.29, 0.717) is 18.0 Å². The molecule has 0 spiro atoms. The fourth-order valence-electron chi connectivity index (χ4n) is 2.84. The Morgan fingerprint density at radius 2 is 2.19 bits per heavy atom. The van der Waals surface area contributed by atoms with Crippen LogP contribution in [0, 0.1) is 5.92 Å². The molecule has 1 saturated heterocycles. The number of nitrogens with zero attached hydrogens (tertiary/aromatic N) is 1. The molecule has 0 radical (unpaired) electrons. The molecule has 4 heteroatoms. The summed E-state index contributed by atoms with van der Waals surface area (Å²) in [6.07, 6.45) is 1.20. The molecule has 1 aliphatic heterocycles. The van der Waals surface area contributed by atoms with Crippen molar-refractivity contribution in [3.63, 3.8) is 0 Å². The first-order valence-electron chi connectivity index (χ1n) is 7.81. The van der Waals surface area contributed by atoms with Crippen LogP contribution in [-0.4, -0.2) is 37.2 Å². The maximum absolute atomic E-state index is 5.36. The number of rotatable bonds is 4. The number of methoxy groups -OCH3 is 1. The first kappa shape index (κ1) is 16.8. The van der Waals surface area contributed by atoms with Gasteiger partial charge in [0.1, 0.15) is 5.75 Å². The Morgan fingerprint density at radius 1 is 1.43 bits per heavy atom. The van der Waals surface area contributed by atoms with Crippen molar-refractivity contribution >= 4 is 15.9 Å².